The third-order valence-corrected chi connectivity index (χ3v) is 3.24. The van der Waals surface area contributed by atoms with Crippen molar-refractivity contribution in [3.8, 4) is 0 Å². The second kappa shape index (κ2) is 6.20. The fraction of sp³-hybridized carbons (Fsp3) is 0.167. The molecular weight excluding hydrogens is 282 g/mol. The number of rotatable bonds is 5. The van der Waals surface area contributed by atoms with Gasteiger partial charge in [-0.15, -0.1) is 0 Å². The van der Waals surface area contributed by atoms with Crippen molar-refractivity contribution in [2.24, 2.45) is 0 Å². The van der Waals surface area contributed by atoms with E-state index in [0.717, 1.165) is 11.8 Å². The fourth-order valence-electron chi connectivity index (χ4n) is 1.40. The summed E-state index contributed by atoms with van der Waals surface area (Å²) in [6.45, 7) is 1.74. The molecule has 2 rings (SSSR count). The van der Waals surface area contributed by atoms with Crippen LogP contribution in [0.5, 0.6) is 0 Å². The first-order chi connectivity index (χ1) is 9.56. The summed E-state index contributed by atoms with van der Waals surface area (Å²) in [6.07, 6.45) is 1.48. The van der Waals surface area contributed by atoms with E-state index in [-0.39, 0.29) is 23.1 Å². The molecule has 0 unspecified atom stereocenters. The number of aromatic nitrogens is 2. The number of hydrogen-bond donors (Lipinski definition) is 2. The highest BCUT2D eigenvalue weighted by atomic mass is 32.2. The van der Waals surface area contributed by atoms with Crippen LogP contribution in [0.1, 0.15) is 16.1 Å². The van der Waals surface area contributed by atoms with E-state index in [1.54, 1.807) is 13.0 Å². The van der Waals surface area contributed by atoms with Gasteiger partial charge in [-0.1, -0.05) is 16.9 Å². The third-order valence-electron chi connectivity index (χ3n) is 2.23. The summed E-state index contributed by atoms with van der Waals surface area (Å²) >= 11 is 1.04. The molecule has 2 aromatic rings. The van der Waals surface area contributed by atoms with Crippen molar-refractivity contribution in [3.05, 3.63) is 35.7 Å². The molecule has 0 saturated heterocycles. The van der Waals surface area contributed by atoms with Gasteiger partial charge in [-0.2, -0.15) is 0 Å². The molecule has 8 heteroatoms. The van der Waals surface area contributed by atoms with Crippen molar-refractivity contribution in [2.45, 2.75) is 11.9 Å². The highest BCUT2D eigenvalue weighted by molar-refractivity contribution is 8.00. The Labute approximate surface area is 118 Å². The van der Waals surface area contributed by atoms with E-state index < -0.39 is 5.97 Å². The number of anilines is 1. The van der Waals surface area contributed by atoms with Crippen molar-refractivity contribution in [1.29, 1.82) is 0 Å². The molecule has 0 radical (unpaired) electrons. The largest absolute Gasteiger partial charge is 0.478 e. The number of amides is 1. The Kier molecular flexibility index (Phi) is 4.36. The Morgan fingerprint density at radius 1 is 1.50 bits per heavy atom. The second-order valence-electron chi connectivity index (χ2n) is 3.83. The van der Waals surface area contributed by atoms with Gasteiger partial charge in [-0.05, 0) is 19.1 Å². The van der Waals surface area contributed by atoms with Crippen molar-refractivity contribution in [2.75, 3.05) is 11.1 Å². The molecule has 0 aliphatic heterocycles. The summed E-state index contributed by atoms with van der Waals surface area (Å²) in [6, 6.07) is 4.56. The molecule has 2 N–H and O–H groups in total. The number of nitrogens with zero attached hydrogens (tertiary/aromatic N) is 2. The Morgan fingerprint density at radius 2 is 2.30 bits per heavy atom. The number of nitrogens with one attached hydrogen (secondary N) is 1. The minimum atomic E-state index is -1.08. The topological polar surface area (TPSA) is 105 Å². The normalized spacial score (nSPS) is 10.2. The monoisotopic (exact) mass is 293 g/mol. The van der Waals surface area contributed by atoms with Gasteiger partial charge in [0.1, 0.15) is 5.03 Å². The van der Waals surface area contributed by atoms with E-state index in [9.17, 15) is 9.59 Å². The van der Waals surface area contributed by atoms with Gasteiger partial charge < -0.3 is 9.63 Å². The van der Waals surface area contributed by atoms with Crippen LogP contribution in [0.25, 0.3) is 0 Å². The number of aromatic carboxylic acids is 1. The Hall–Kier alpha value is -2.35. The zero-order valence-electron chi connectivity index (χ0n) is 10.5. The van der Waals surface area contributed by atoms with Crippen LogP contribution in [0.2, 0.25) is 0 Å². The van der Waals surface area contributed by atoms with E-state index in [1.807, 2.05) is 0 Å². The maximum Gasteiger partial charge on any atom is 0.338 e. The third kappa shape index (κ3) is 3.58. The van der Waals surface area contributed by atoms with Gasteiger partial charge in [0.2, 0.25) is 11.8 Å². The van der Waals surface area contributed by atoms with Crippen LogP contribution in [0.15, 0.2) is 33.9 Å². The van der Waals surface area contributed by atoms with E-state index in [2.05, 4.69) is 15.5 Å². The zero-order chi connectivity index (χ0) is 14.5. The van der Waals surface area contributed by atoms with Gasteiger partial charge >= 0.3 is 5.97 Å². The van der Waals surface area contributed by atoms with Crippen LogP contribution >= 0.6 is 11.8 Å². The molecule has 2 heterocycles. The van der Waals surface area contributed by atoms with E-state index in [0.29, 0.717) is 10.7 Å². The van der Waals surface area contributed by atoms with E-state index in [4.69, 9.17) is 9.63 Å². The Balaban J connectivity index is 1.95. The lowest BCUT2D eigenvalue weighted by atomic mass is 10.3. The number of carboxylic acid groups (broad SMARTS) is 1. The smallest absolute Gasteiger partial charge is 0.338 e. The minimum absolute atomic E-state index is 0.0248. The average Bonchev–Trinajstić information content (AvgIpc) is 2.82. The van der Waals surface area contributed by atoms with E-state index >= 15 is 0 Å². The summed E-state index contributed by atoms with van der Waals surface area (Å²) in [5.41, 5.74) is 0.728. The van der Waals surface area contributed by atoms with Gasteiger partial charge in [-0.3, -0.25) is 10.1 Å². The highest BCUT2D eigenvalue weighted by Crippen LogP contribution is 2.20. The number of carbonyl (C=O) groups is 2. The molecule has 0 spiro atoms. The summed E-state index contributed by atoms with van der Waals surface area (Å²) in [7, 11) is 0. The van der Waals surface area contributed by atoms with Gasteiger partial charge in [0.25, 0.3) is 0 Å². The van der Waals surface area contributed by atoms with Gasteiger partial charge in [0.05, 0.1) is 17.0 Å². The first kappa shape index (κ1) is 14.1. The fourth-order valence-corrected chi connectivity index (χ4v) is 2.18. The summed E-state index contributed by atoms with van der Waals surface area (Å²) < 4.78 is 4.85. The molecule has 20 heavy (non-hydrogen) atoms. The lowest BCUT2D eigenvalue weighted by Crippen LogP contribution is -2.14. The maximum absolute atomic E-state index is 11.7. The molecule has 0 fully saturated rings. The molecule has 0 aromatic carbocycles. The molecular formula is C12H11N3O4S. The molecule has 2 aromatic heterocycles. The van der Waals surface area contributed by atoms with Crippen LogP contribution in [0.4, 0.5) is 5.88 Å². The zero-order valence-corrected chi connectivity index (χ0v) is 11.3. The molecule has 0 aliphatic carbocycles. The molecule has 0 aliphatic rings. The SMILES string of the molecule is Cc1cc(NC(=O)CSc2ncccc2C(=O)O)on1. The molecule has 1 amide bonds. The van der Waals surface area contributed by atoms with E-state index in [1.165, 1.54) is 18.3 Å². The minimum Gasteiger partial charge on any atom is -0.478 e. The van der Waals surface area contributed by atoms with Crippen LogP contribution in [-0.4, -0.2) is 32.9 Å². The van der Waals surface area contributed by atoms with Crippen LogP contribution in [0.3, 0.4) is 0 Å². The van der Waals surface area contributed by atoms with Crippen molar-refractivity contribution in [1.82, 2.24) is 10.1 Å². The summed E-state index contributed by atoms with van der Waals surface area (Å²) in [4.78, 5) is 26.6. The first-order valence-electron chi connectivity index (χ1n) is 5.60. The number of hydrogen-bond acceptors (Lipinski definition) is 6. The quantitative estimate of drug-likeness (QED) is 0.810. The van der Waals surface area contributed by atoms with Crippen LogP contribution < -0.4 is 5.32 Å². The molecule has 0 bridgehead atoms. The lowest BCUT2D eigenvalue weighted by molar-refractivity contribution is -0.113. The van der Waals surface area contributed by atoms with Crippen molar-refractivity contribution >= 4 is 29.5 Å². The molecule has 104 valence electrons. The van der Waals surface area contributed by atoms with Gasteiger partial charge in [0, 0.05) is 12.3 Å². The van der Waals surface area contributed by atoms with Gasteiger partial charge in [-0.25, -0.2) is 9.78 Å². The van der Waals surface area contributed by atoms with Gasteiger partial charge in [0.15, 0.2) is 0 Å². The molecule has 0 saturated carbocycles. The predicted octanol–water partition coefficient (Wildman–Crippen LogP) is 1.81. The van der Waals surface area contributed by atoms with Crippen LogP contribution in [-0.2, 0) is 4.79 Å². The standard InChI is InChI=1S/C12H11N3O4S/c1-7-5-10(19-15-7)14-9(16)6-20-11-8(12(17)18)3-2-4-13-11/h2-5H,6H2,1H3,(H,14,16)(H,17,18). The van der Waals surface area contributed by atoms with Crippen molar-refractivity contribution < 1.29 is 19.2 Å². The highest BCUT2D eigenvalue weighted by Gasteiger charge is 2.13. The number of thioether (sulfide) groups is 1. The lowest BCUT2D eigenvalue weighted by Gasteiger charge is -2.04. The first-order valence-corrected chi connectivity index (χ1v) is 6.59. The van der Waals surface area contributed by atoms with Crippen LogP contribution in [0, 0.1) is 6.92 Å². The molecule has 7 nitrogen and oxygen atoms in total. The number of pyridine rings is 1. The van der Waals surface area contributed by atoms with Crippen molar-refractivity contribution in [3.63, 3.8) is 0 Å². The predicted molar refractivity (Wildman–Crippen MR) is 71.8 cm³/mol. The number of carbonyl (C=O) groups excluding carboxylic acids is 1. The Morgan fingerprint density at radius 3 is 2.95 bits per heavy atom. The Bertz CT molecular complexity index is 641. The number of aryl methyl sites for hydroxylation is 1. The second-order valence-corrected chi connectivity index (χ2v) is 4.79. The summed E-state index contributed by atoms with van der Waals surface area (Å²) in [5, 5.41) is 15.4. The summed E-state index contributed by atoms with van der Waals surface area (Å²) in [5.74, 6) is -1.12. The molecule has 0 atom stereocenters. The average molecular weight is 293 g/mol. The maximum atomic E-state index is 11.7. The number of carboxylic acids is 1.